The summed E-state index contributed by atoms with van der Waals surface area (Å²) >= 11 is 0. The number of aryl methyl sites for hydroxylation is 1. The number of benzene rings is 1. The lowest BCUT2D eigenvalue weighted by Crippen LogP contribution is -2.05. The van der Waals surface area contributed by atoms with Crippen LogP contribution in [0.2, 0.25) is 0 Å². The standard InChI is InChI=1S/C14H15N3O4/c1-9-12(6-7-13(18)19)15-16-17(9)8-10-2-4-11(5-3-10)14(20)21/h2-5H,6-8H2,1H3,(H,18,19)(H,20,21). The fourth-order valence-corrected chi connectivity index (χ4v) is 1.93. The normalized spacial score (nSPS) is 10.5. The highest BCUT2D eigenvalue weighted by Gasteiger charge is 2.11. The van der Waals surface area contributed by atoms with Crippen LogP contribution in [0.25, 0.3) is 0 Å². The highest BCUT2D eigenvalue weighted by molar-refractivity contribution is 5.87. The second kappa shape index (κ2) is 6.17. The van der Waals surface area contributed by atoms with E-state index < -0.39 is 11.9 Å². The summed E-state index contributed by atoms with van der Waals surface area (Å²) in [6.45, 7) is 2.30. The van der Waals surface area contributed by atoms with E-state index in [0.29, 0.717) is 18.7 Å². The van der Waals surface area contributed by atoms with Crippen LogP contribution in [0.4, 0.5) is 0 Å². The van der Waals surface area contributed by atoms with Crippen molar-refractivity contribution < 1.29 is 19.8 Å². The predicted molar refractivity (Wildman–Crippen MR) is 73.2 cm³/mol. The van der Waals surface area contributed by atoms with Crippen molar-refractivity contribution in [2.24, 2.45) is 0 Å². The van der Waals surface area contributed by atoms with E-state index in [4.69, 9.17) is 10.2 Å². The Morgan fingerprint density at radius 2 is 1.86 bits per heavy atom. The van der Waals surface area contributed by atoms with E-state index >= 15 is 0 Å². The molecule has 0 bridgehead atoms. The summed E-state index contributed by atoms with van der Waals surface area (Å²) in [5.41, 5.74) is 2.62. The predicted octanol–water partition coefficient (Wildman–Crippen LogP) is 1.35. The summed E-state index contributed by atoms with van der Waals surface area (Å²) < 4.78 is 1.67. The average Bonchev–Trinajstić information content (AvgIpc) is 2.78. The second-order valence-corrected chi connectivity index (χ2v) is 4.68. The molecule has 2 N–H and O–H groups in total. The maximum absolute atomic E-state index is 10.8. The van der Waals surface area contributed by atoms with Crippen molar-refractivity contribution >= 4 is 11.9 Å². The first-order chi connectivity index (χ1) is 9.97. The van der Waals surface area contributed by atoms with E-state index in [9.17, 15) is 9.59 Å². The zero-order chi connectivity index (χ0) is 15.4. The van der Waals surface area contributed by atoms with Crippen molar-refractivity contribution in [3.8, 4) is 0 Å². The molecule has 0 saturated heterocycles. The van der Waals surface area contributed by atoms with Gasteiger partial charge in [0.2, 0.25) is 0 Å². The lowest BCUT2D eigenvalue weighted by molar-refractivity contribution is -0.136. The van der Waals surface area contributed by atoms with E-state index in [1.807, 2.05) is 6.92 Å². The molecule has 1 aromatic carbocycles. The molecule has 2 rings (SSSR count). The number of carboxylic acids is 2. The number of aromatic nitrogens is 3. The Kier molecular flexibility index (Phi) is 4.32. The molecule has 7 heteroatoms. The van der Waals surface area contributed by atoms with Gasteiger partial charge in [-0.15, -0.1) is 5.10 Å². The quantitative estimate of drug-likeness (QED) is 0.831. The van der Waals surface area contributed by atoms with Crippen LogP contribution in [-0.2, 0) is 17.8 Å². The largest absolute Gasteiger partial charge is 0.481 e. The number of nitrogens with zero attached hydrogens (tertiary/aromatic N) is 3. The molecule has 21 heavy (non-hydrogen) atoms. The maximum atomic E-state index is 10.8. The van der Waals surface area contributed by atoms with Gasteiger partial charge in [0.1, 0.15) is 0 Å². The molecule has 1 aromatic heterocycles. The van der Waals surface area contributed by atoms with Crippen LogP contribution in [0.15, 0.2) is 24.3 Å². The number of carbonyl (C=O) groups is 2. The summed E-state index contributed by atoms with van der Waals surface area (Å²) in [6.07, 6.45) is 0.367. The molecule has 0 atom stereocenters. The second-order valence-electron chi connectivity index (χ2n) is 4.68. The smallest absolute Gasteiger partial charge is 0.335 e. The van der Waals surface area contributed by atoms with Gasteiger partial charge in [0.05, 0.1) is 29.9 Å². The molecule has 0 amide bonds. The first-order valence-electron chi connectivity index (χ1n) is 6.40. The van der Waals surface area contributed by atoms with Crippen molar-refractivity contribution in [3.05, 3.63) is 46.8 Å². The Bertz CT molecular complexity index is 661. The summed E-state index contributed by atoms with van der Waals surface area (Å²) in [4.78, 5) is 21.3. The van der Waals surface area contributed by atoms with Crippen molar-refractivity contribution in [2.45, 2.75) is 26.3 Å². The van der Waals surface area contributed by atoms with Crippen molar-refractivity contribution in [3.63, 3.8) is 0 Å². The third-order valence-corrected chi connectivity index (χ3v) is 3.19. The minimum absolute atomic E-state index is 0.0207. The summed E-state index contributed by atoms with van der Waals surface area (Å²) in [5, 5.41) is 25.5. The van der Waals surface area contributed by atoms with E-state index in [1.54, 1.807) is 16.8 Å². The van der Waals surface area contributed by atoms with Gasteiger partial charge in [-0.05, 0) is 24.6 Å². The SMILES string of the molecule is Cc1c(CCC(=O)O)nnn1Cc1ccc(C(=O)O)cc1. The average molecular weight is 289 g/mol. The highest BCUT2D eigenvalue weighted by Crippen LogP contribution is 2.11. The number of rotatable bonds is 6. The molecular weight excluding hydrogens is 274 g/mol. The minimum Gasteiger partial charge on any atom is -0.481 e. The number of aliphatic carboxylic acids is 1. The topological polar surface area (TPSA) is 105 Å². The van der Waals surface area contributed by atoms with Gasteiger partial charge in [0.15, 0.2) is 0 Å². The number of hydrogen-bond acceptors (Lipinski definition) is 4. The van der Waals surface area contributed by atoms with Crippen LogP contribution >= 0.6 is 0 Å². The summed E-state index contributed by atoms with van der Waals surface area (Å²) in [6, 6.07) is 6.52. The molecule has 0 saturated carbocycles. The van der Waals surface area contributed by atoms with Crippen molar-refractivity contribution in [1.82, 2.24) is 15.0 Å². The third-order valence-electron chi connectivity index (χ3n) is 3.19. The van der Waals surface area contributed by atoms with E-state index in [0.717, 1.165) is 11.3 Å². The fraction of sp³-hybridized carbons (Fsp3) is 0.286. The molecule has 2 aromatic rings. The molecule has 110 valence electrons. The fourth-order valence-electron chi connectivity index (χ4n) is 1.93. The molecule has 0 unspecified atom stereocenters. The van der Waals surface area contributed by atoms with Crippen molar-refractivity contribution in [1.29, 1.82) is 0 Å². The number of aromatic carboxylic acids is 1. The van der Waals surface area contributed by atoms with Crippen LogP contribution < -0.4 is 0 Å². The minimum atomic E-state index is -0.963. The zero-order valence-corrected chi connectivity index (χ0v) is 11.5. The third kappa shape index (κ3) is 3.65. The molecule has 0 aliphatic carbocycles. The molecule has 0 radical (unpaired) electrons. The Labute approximate surface area is 120 Å². The Balaban J connectivity index is 2.09. The molecule has 0 aliphatic rings. The first-order valence-corrected chi connectivity index (χ1v) is 6.40. The highest BCUT2D eigenvalue weighted by atomic mass is 16.4. The first kappa shape index (κ1) is 14.7. The van der Waals surface area contributed by atoms with Gasteiger partial charge in [-0.2, -0.15) is 0 Å². The van der Waals surface area contributed by atoms with Gasteiger partial charge in [-0.1, -0.05) is 17.3 Å². The van der Waals surface area contributed by atoms with Crippen LogP contribution in [0, 0.1) is 6.92 Å². The van der Waals surface area contributed by atoms with Gasteiger partial charge < -0.3 is 10.2 Å². The van der Waals surface area contributed by atoms with Gasteiger partial charge in [-0.25, -0.2) is 9.48 Å². The van der Waals surface area contributed by atoms with E-state index in [-0.39, 0.29) is 12.0 Å². The molecule has 0 spiro atoms. The number of hydrogen-bond donors (Lipinski definition) is 2. The Hall–Kier alpha value is -2.70. The maximum Gasteiger partial charge on any atom is 0.335 e. The van der Waals surface area contributed by atoms with E-state index in [1.165, 1.54) is 12.1 Å². The summed E-state index contributed by atoms with van der Waals surface area (Å²) in [7, 11) is 0. The number of carboxylic acid groups (broad SMARTS) is 2. The molecule has 7 nitrogen and oxygen atoms in total. The summed E-state index contributed by atoms with van der Waals surface area (Å²) in [5.74, 6) is -1.83. The van der Waals surface area contributed by atoms with Gasteiger partial charge in [0.25, 0.3) is 0 Å². The Morgan fingerprint density at radius 3 is 2.43 bits per heavy atom. The van der Waals surface area contributed by atoms with Gasteiger partial charge in [-0.3, -0.25) is 4.79 Å². The lowest BCUT2D eigenvalue weighted by atomic mass is 10.1. The molecule has 0 aliphatic heterocycles. The van der Waals surface area contributed by atoms with Crippen LogP contribution in [0.3, 0.4) is 0 Å². The molecule has 0 fully saturated rings. The van der Waals surface area contributed by atoms with Crippen molar-refractivity contribution in [2.75, 3.05) is 0 Å². The molecular formula is C14H15N3O4. The van der Waals surface area contributed by atoms with Crippen LogP contribution in [0.5, 0.6) is 0 Å². The van der Waals surface area contributed by atoms with E-state index in [2.05, 4.69) is 10.3 Å². The van der Waals surface area contributed by atoms with Crippen LogP contribution in [0.1, 0.15) is 33.7 Å². The van der Waals surface area contributed by atoms with Gasteiger partial charge >= 0.3 is 11.9 Å². The van der Waals surface area contributed by atoms with Gasteiger partial charge in [0, 0.05) is 6.42 Å². The molecule has 1 heterocycles. The Morgan fingerprint density at radius 1 is 1.19 bits per heavy atom. The monoisotopic (exact) mass is 289 g/mol. The van der Waals surface area contributed by atoms with Crippen LogP contribution in [-0.4, -0.2) is 37.1 Å². The lowest BCUT2D eigenvalue weighted by Gasteiger charge is -2.04. The zero-order valence-electron chi connectivity index (χ0n) is 11.5.